The monoisotopic (exact) mass is 494 g/mol. The molecule has 0 aliphatic rings. The summed E-state index contributed by atoms with van der Waals surface area (Å²) in [5, 5.41) is 5.18. The van der Waals surface area contributed by atoms with Crippen LogP contribution in [0.3, 0.4) is 0 Å². The Labute approximate surface area is 197 Å². The smallest absolute Gasteiger partial charge is 0.416 e. The van der Waals surface area contributed by atoms with Crippen LogP contribution in [0.2, 0.25) is 5.02 Å². The maximum Gasteiger partial charge on any atom is 0.416 e. The lowest BCUT2D eigenvalue weighted by molar-refractivity contribution is -0.137. The van der Waals surface area contributed by atoms with Crippen LogP contribution < -0.4 is 15.4 Å². The van der Waals surface area contributed by atoms with Gasteiger partial charge in [-0.15, -0.1) is 11.8 Å². The highest BCUT2D eigenvalue weighted by molar-refractivity contribution is 8.00. The lowest BCUT2D eigenvalue weighted by Gasteiger charge is -2.11. The Morgan fingerprint density at radius 1 is 0.970 bits per heavy atom. The molecular weight excluding hydrogens is 477 g/mol. The van der Waals surface area contributed by atoms with Gasteiger partial charge < -0.3 is 15.4 Å². The van der Waals surface area contributed by atoms with E-state index >= 15 is 0 Å². The van der Waals surface area contributed by atoms with Gasteiger partial charge in [-0.25, -0.2) is 0 Å². The van der Waals surface area contributed by atoms with Gasteiger partial charge in [-0.1, -0.05) is 11.6 Å². The van der Waals surface area contributed by atoms with Crippen molar-refractivity contribution in [2.24, 2.45) is 0 Å². The molecular formula is C23H18ClF3N2O3S. The van der Waals surface area contributed by atoms with Crippen molar-refractivity contribution in [2.45, 2.75) is 11.1 Å². The fourth-order valence-electron chi connectivity index (χ4n) is 2.71. The molecule has 0 fully saturated rings. The number of rotatable bonds is 7. The molecule has 0 radical (unpaired) electrons. The van der Waals surface area contributed by atoms with Crippen molar-refractivity contribution < 1.29 is 27.5 Å². The summed E-state index contributed by atoms with van der Waals surface area (Å²) in [5.41, 5.74) is 0.0374. The number of methoxy groups -OCH3 is 1. The van der Waals surface area contributed by atoms with E-state index in [0.717, 1.165) is 23.1 Å². The van der Waals surface area contributed by atoms with Gasteiger partial charge in [0.15, 0.2) is 0 Å². The minimum Gasteiger partial charge on any atom is -0.497 e. The summed E-state index contributed by atoms with van der Waals surface area (Å²) in [6, 6.07) is 16.2. The van der Waals surface area contributed by atoms with Gasteiger partial charge in [0, 0.05) is 16.1 Å². The summed E-state index contributed by atoms with van der Waals surface area (Å²) in [6.07, 6.45) is -4.54. The Morgan fingerprint density at radius 2 is 1.64 bits per heavy atom. The van der Waals surface area contributed by atoms with Gasteiger partial charge in [0.2, 0.25) is 5.91 Å². The molecule has 3 rings (SSSR count). The SMILES string of the molecule is COc1ccc(C(=O)Nc2ccc(SCC(=O)Nc3cc(C(F)(F)F)ccc3Cl)cc2)cc1. The third-order valence-electron chi connectivity index (χ3n) is 4.40. The second-order valence-corrected chi connectivity index (χ2v) is 8.19. The fourth-order valence-corrected chi connectivity index (χ4v) is 3.58. The maximum atomic E-state index is 12.9. The van der Waals surface area contributed by atoms with Crippen molar-refractivity contribution in [3.05, 3.63) is 82.9 Å². The molecule has 33 heavy (non-hydrogen) atoms. The Balaban J connectivity index is 1.54. The number of alkyl halides is 3. The Morgan fingerprint density at radius 3 is 2.24 bits per heavy atom. The molecule has 2 amide bonds. The predicted molar refractivity (Wildman–Crippen MR) is 123 cm³/mol. The summed E-state index contributed by atoms with van der Waals surface area (Å²) >= 11 is 7.08. The molecule has 0 aliphatic heterocycles. The second-order valence-electron chi connectivity index (χ2n) is 6.74. The predicted octanol–water partition coefficient (Wildman–Crippen LogP) is 6.35. The number of ether oxygens (including phenoxy) is 1. The van der Waals surface area contributed by atoms with Crippen molar-refractivity contribution in [1.29, 1.82) is 0 Å². The van der Waals surface area contributed by atoms with Crippen LogP contribution in [-0.4, -0.2) is 24.7 Å². The first-order valence-electron chi connectivity index (χ1n) is 9.50. The molecule has 0 unspecified atom stereocenters. The van der Waals surface area contributed by atoms with Gasteiger partial charge >= 0.3 is 6.18 Å². The van der Waals surface area contributed by atoms with Crippen LogP contribution >= 0.6 is 23.4 Å². The average Bonchev–Trinajstić information content (AvgIpc) is 2.79. The number of hydrogen-bond acceptors (Lipinski definition) is 4. The van der Waals surface area contributed by atoms with E-state index in [9.17, 15) is 22.8 Å². The number of benzene rings is 3. The van der Waals surface area contributed by atoms with E-state index < -0.39 is 17.6 Å². The number of nitrogens with one attached hydrogen (secondary N) is 2. The Hall–Kier alpha value is -3.17. The van der Waals surface area contributed by atoms with Crippen LogP contribution in [0.25, 0.3) is 0 Å². The number of carbonyl (C=O) groups excluding carboxylic acids is 2. The molecule has 172 valence electrons. The van der Waals surface area contributed by atoms with Crippen molar-refractivity contribution in [1.82, 2.24) is 0 Å². The van der Waals surface area contributed by atoms with E-state index in [1.165, 1.54) is 11.8 Å². The number of hydrogen-bond donors (Lipinski definition) is 2. The highest BCUT2D eigenvalue weighted by atomic mass is 35.5. The molecule has 3 aromatic rings. The van der Waals surface area contributed by atoms with Gasteiger partial charge in [0.25, 0.3) is 5.91 Å². The molecule has 5 nitrogen and oxygen atoms in total. The van der Waals surface area contributed by atoms with Crippen LogP contribution in [-0.2, 0) is 11.0 Å². The lowest BCUT2D eigenvalue weighted by Crippen LogP contribution is -2.15. The Kier molecular flexibility index (Phi) is 7.88. The molecule has 0 spiro atoms. The van der Waals surface area contributed by atoms with E-state index in [4.69, 9.17) is 16.3 Å². The number of thioether (sulfide) groups is 1. The zero-order valence-corrected chi connectivity index (χ0v) is 18.8. The summed E-state index contributed by atoms with van der Waals surface area (Å²) in [6.45, 7) is 0. The van der Waals surface area contributed by atoms with Crippen LogP contribution in [0.15, 0.2) is 71.6 Å². The molecule has 0 saturated carbocycles. The van der Waals surface area contributed by atoms with Crippen molar-refractivity contribution in [2.75, 3.05) is 23.5 Å². The second kappa shape index (κ2) is 10.6. The number of carbonyl (C=O) groups is 2. The molecule has 0 aromatic heterocycles. The number of halogens is 4. The first kappa shape index (κ1) is 24.5. The lowest BCUT2D eigenvalue weighted by atomic mass is 10.2. The minimum absolute atomic E-state index is 0.0123. The summed E-state index contributed by atoms with van der Waals surface area (Å²) in [7, 11) is 1.54. The third kappa shape index (κ3) is 6.90. The van der Waals surface area contributed by atoms with Crippen molar-refractivity contribution >= 4 is 46.6 Å². The summed E-state index contributed by atoms with van der Waals surface area (Å²) < 4.78 is 43.6. The number of amides is 2. The average molecular weight is 495 g/mol. The third-order valence-corrected chi connectivity index (χ3v) is 5.74. The zero-order chi connectivity index (χ0) is 24.0. The zero-order valence-electron chi connectivity index (χ0n) is 17.2. The highest BCUT2D eigenvalue weighted by Crippen LogP contribution is 2.34. The first-order chi connectivity index (χ1) is 15.7. The van der Waals surface area contributed by atoms with E-state index in [0.29, 0.717) is 17.0 Å². The highest BCUT2D eigenvalue weighted by Gasteiger charge is 2.31. The van der Waals surface area contributed by atoms with Gasteiger partial charge in [0.05, 0.1) is 29.1 Å². The van der Waals surface area contributed by atoms with Crippen LogP contribution in [0.1, 0.15) is 15.9 Å². The van der Waals surface area contributed by atoms with Crippen LogP contribution in [0.5, 0.6) is 5.75 Å². The van der Waals surface area contributed by atoms with Gasteiger partial charge in [-0.3, -0.25) is 9.59 Å². The standard InChI is InChI=1S/C23H18ClF3N2O3S/c1-32-17-7-2-14(3-8-17)22(31)28-16-5-9-18(10-6-16)33-13-21(30)29-20-12-15(23(25,26)27)4-11-19(20)24/h2-12H,13H2,1H3,(H,28,31)(H,29,30). The molecule has 0 aliphatic carbocycles. The van der Waals surface area contributed by atoms with E-state index in [1.807, 2.05) is 0 Å². The summed E-state index contributed by atoms with van der Waals surface area (Å²) in [5.74, 6) is -0.176. The van der Waals surface area contributed by atoms with E-state index in [2.05, 4.69) is 10.6 Å². The molecule has 3 aromatic carbocycles. The van der Waals surface area contributed by atoms with Gasteiger partial charge in [-0.2, -0.15) is 13.2 Å². The molecule has 0 saturated heterocycles. The van der Waals surface area contributed by atoms with Crippen molar-refractivity contribution in [3.63, 3.8) is 0 Å². The number of anilines is 2. The van der Waals surface area contributed by atoms with Crippen LogP contribution in [0, 0.1) is 0 Å². The topological polar surface area (TPSA) is 67.4 Å². The van der Waals surface area contributed by atoms with Crippen LogP contribution in [0.4, 0.5) is 24.5 Å². The molecule has 0 heterocycles. The minimum atomic E-state index is -4.54. The largest absolute Gasteiger partial charge is 0.497 e. The van der Waals surface area contributed by atoms with Gasteiger partial charge in [0.1, 0.15) is 5.75 Å². The normalized spacial score (nSPS) is 11.1. The first-order valence-corrected chi connectivity index (χ1v) is 10.9. The molecule has 2 N–H and O–H groups in total. The quantitative estimate of drug-likeness (QED) is 0.375. The van der Waals surface area contributed by atoms with E-state index in [-0.39, 0.29) is 22.4 Å². The molecule has 0 atom stereocenters. The summed E-state index contributed by atoms with van der Waals surface area (Å²) in [4.78, 5) is 25.2. The Bertz CT molecular complexity index is 1140. The van der Waals surface area contributed by atoms with Crippen molar-refractivity contribution in [3.8, 4) is 5.75 Å². The maximum absolute atomic E-state index is 12.9. The fraction of sp³-hybridized carbons (Fsp3) is 0.130. The molecule has 0 bridgehead atoms. The van der Waals surface area contributed by atoms with E-state index in [1.54, 1.807) is 55.6 Å². The molecule has 10 heteroatoms. The van der Waals surface area contributed by atoms with Gasteiger partial charge in [-0.05, 0) is 66.7 Å².